The fourth-order valence-electron chi connectivity index (χ4n) is 2.95. The molecule has 6 heteroatoms. The Labute approximate surface area is 158 Å². The zero-order valence-corrected chi connectivity index (χ0v) is 15.0. The van der Waals surface area contributed by atoms with Gasteiger partial charge in [-0.25, -0.2) is 0 Å². The molecule has 0 radical (unpaired) electrons. The molecule has 2 amide bonds. The largest absolute Gasteiger partial charge is 0.454 e. The van der Waals surface area contributed by atoms with Gasteiger partial charge in [0.05, 0.1) is 0 Å². The van der Waals surface area contributed by atoms with Crippen LogP contribution in [0.5, 0.6) is 0 Å². The Morgan fingerprint density at radius 1 is 0.889 bits per heavy atom. The summed E-state index contributed by atoms with van der Waals surface area (Å²) in [7, 11) is 0. The van der Waals surface area contributed by atoms with E-state index in [1.165, 1.54) is 0 Å². The highest BCUT2D eigenvalue weighted by molar-refractivity contribution is 5.96. The van der Waals surface area contributed by atoms with Crippen LogP contribution in [-0.4, -0.2) is 48.9 Å². The van der Waals surface area contributed by atoms with Gasteiger partial charge in [-0.15, -0.1) is 0 Å². The van der Waals surface area contributed by atoms with Gasteiger partial charge in [0.1, 0.15) is 6.54 Å². The van der Waals surface area contributed by atoms with Crippen LogP contribution in [0.15, 0.2) is 54.6 Å². The molecule has 0 spiro atoms. The number of carbonyl (C=O) groups excluding carboxylic acids is 3. The van der Waals surface area contributed by atoms with Gasteiger partial charge in [-0.2, -0.15) is 0 Å². The number of hydrogen-bond donors (Lipinski definition) is 1. The average Bonchev–Trinajstić information content (AvgIpc) is 3.26. The van der Waals surface area contributed by atoms with Crippen LogP contribution >= 0.6 is 0 Å². The summed E-state index contributed by atoms with van der Waals surface area (Å²) in [5.74, 6) is -1.18. The third-order valence-corrected chi connectivity index (χ3v) is 4.46. The van der Waals surface area contributed by atoms with E-state index < -0.39 is 5.97 Å². The lowest BCUT2D eigenvalue weighted by atomic mass is 10.0. The predicted octanol–water partition coefficient (Wildman–Crippen LogP) is 2.25. The number of carbonyl (C=O) groups is 3. The molecule has 1 heterocycles. The Balaban J connectivity index is 1.44. The van der Waals surface area contributed by atoms with E-state index in [4.69, 9.17) is 4.74 Å². The molecule has 0 saturated carbocycles. The summed E-state index contributed by atoms with van der Waals surface area (Å²) in [5, 5.41) is 2.51. The number of amides is 2. The summed E-state index contributed by atoms with van der Waals surface area (Å²) in [4.78, 5) is 37.4. The summed E-state index contributed by atoms with van der Waals surface area (Å²) in [5.41, 5.74) is 2.53. The Morgan fingerprint density at radius 3 is 2.19 bits per heavy atom. The SMILES string of the molecule is O=C(CNC(=O)c1ccc(-c2ccccc2)cc1)OCC(=O)N1CCCC1. The second-order valence-electron chi connectivity index (χ2n) is 6.37. The number of hydrogen-bond acceptors (Lipinski definition) is 4. The number of nitrogens with one attached hydrogen (secondary N) is 1. The van der Waals surface area contributed by atoms with E-state index in [-0.39, 0.29) is 25.0 Å². The van der Waals surface area contributed by atoms with Gasteiger partial charge >= 0.3 is 5.97 Å². The van der Waals surface area contributed by atoms with Crippen LogP contribution < -0.4 is 5.32 Å². The Kier molecular flexibility index (Phi) is 6.20. The molecule has 1 fully saturated rings. The molecule has 0 atom stereocenters. The molecule has 6 nitrogen and oxygen atoms in total. The zero-order valence-electron chi connectivity index (χ0n) is 15.0. The molecule has 1 aliphatic heterocycles. The summed E-state index contributed by atoms with van der Waals surface area (Å²) < 4.78 is 4.93. The van der Waals surface area contributed by atoms with Gasteiger partial charge < -0.3 is 15.0 Å². The maximum Gasteiger partial charge on any atom is 0.325 e. The minimum Gasteiger partial charge on any atom is -0.454 e. The molecule has 0 bridgehead atoms. The Hall–Kier alpha value is -3.15. The first-order chi connectivity index (χ1) is 13.1. The molecule has 2 aromatic carbocycles. The van der Waals surface area contributed by atoms with Crippen molar-refractivity contribution in [2.45, 2.75) is 12.8 Å². The van der Waals surface area contributed by atoms with Gasteiger partial charge in [-0.05, 0) is 36.1 Å². The van der Waals surface area contributed by atoms with Crippen molar-refractivity contribution in [3.05, 3.63) is 60.2 Å². The molecule has 1 aliphatic rings. The standard InChI is InChI=1S/C21H22N2O4/c24-19(23-12-4-5-13-23)15-27-20(25)14-22-21(26)18-10-8-17(9-11-18)16-6-2-1-3-7-16/h1-3,6-11H,4-5,12-15H2,(H,22,26). The zero-order chi connectivity index (χ0) is 19.1. The first-order valence-corrected chi connectivity index (χ1v) is 9.00. The van der Waals surface area contributed by atoms with Crippen LogP contribution in [0.4, 0.5) is 0 Å². The summed E-state index contributed by atoms with van der Waals surface area (Å²) in [6, 6.07) is 17.0. The quantitative estimate of drug-likeness (QED) is 0.796. The second-order valence-corrected chi connectivity index (χ2v) is 6.37. The van der Waals surface area contributed by atoms with E-state index in [9.17, 15) is 14.4 Å². The van der Waals surface area contributed by atoms with Crippen LogP contribution in [-0.2, 0) is 14.3 Å². The summed E-state index contributed by atoms with van der Waals surface area (Å²) in [6.07, 6.45) is 1.97. The normalized spacial score (nSPS) is 13.3. The highest BCUT2D eigenvalue weighted by atomic mass is 16.5. The highest BCUT2D eigenvalue weighted by Gasteiger charge is 2.19. The number of ether oxygens (including phenoxy) is 1. The lowest BCUT2D eigenvalue weighted by molar-refractivity contribution is -0.150. The molecule has 0 aromatic heterocycles. The van der Waals surface area contributed by atoms with E-state index in [1.54, 1.807) is 17.0 Å². The Morgan fingerprint density at radius 2 is 1.52 bits per heavy atom. The van der Waals surface area contributed by atoms with Gasteiger partial charge in [0, 0.05) is 18.7 Å². The molecule has 2 aromatic rings. The van der Waals surface area contributed by atoms with Crippen molar-refractivity contribution in [3.8, 4) is 11.1 Å². The topological polar surface area (TPSA) is 75.7 Å². The van der Waals surface area contributed by atoms with E-state index in [0.29, 0.717) is 18.7 Å². The van der Waals surface area contributed by atoms with Gasteiger partial charge in [0.2, 0.25) is 0 Å². The number of rotatable bonds is 6. The van der Waals surface area contributed by atoms with Gasteiger partial charge in [-0.1, -0.05) is 42.5 Å². The van der Waals surface area contributed by atoms with Crippen molar-refractivity contribution in [1.29, 1.82) is 0 Å². The summed E-state index contributed by atoms with van der Waals surface area (Å²) >= 11 is 0. The van der Waals surface area contributed by atoms with Crippen molar-refractivity contribution in [2.24, 2.45) is 0 Å². The van der Waals surface area contributed by atoms with Gasteiger partial charge in [-0.3, -0.25) is 14.4 Å². The number of likely N-dealkylation sites (tertiary alicyclic amines) is 1. The summed E-state index contributed by atoms with van der Waals surface area (Å²) in [6.45, 7) is 0.880. The smallest absolute Gasteiger partial charge is 0.325 e. The number of esters is 1. The van der Waals surface area contributed by atoms with Crippen LogP contribution in [0.2, 0.25) is 0 Å². The van der Waals surface area contributed by atoms with Crippen molar-refractivity contribution < 1.29 is 19.1 Å². The maximum absolute atomic E-state index is 12.2. The van der Waals surface area contributed by atoms with E-state index in [0.717, 1.165) is 24.0 Å². The molecule has 0 aliphatic carbocycles. The molecular weight excluding hydrogens is 344 g/mol. The highest BCUT2D eigenvalue weighted by Crippen LogP contribution is 2.19. The molecule has 1 N–H and O–H groups in total. The van der Waals surface area contributed by atoms with Crippen molar-refractivity contribution in [3.63, 3.8) is 0 Å². The Bertz CT molecular complexity index is 797. The minimum absolute atomic E-state index is 0.191. The second kappa shape index (κ2) is 8.98. The predicted molar refractivity (Wildman–Crippen MR) is 101 cm³/mol. The first kappa shape index (κ1) is 18.6. The maximum atomic E-state index is 12.2. The number of benzene rings is 2. The number of nitrogens with zero attached hydrogens (tertiary/aromatic N) is 1. The van der Waals surface area contributed by atoms with Gasteiger partial charge in [0.25, 0.3) is 11.8 Å². The third kappa shape index (κ3) is 5.17. The van der Waals surface area contributed by atoms with Crippen molar-refractivity contribution >= 4 is 17.8 Å². The fraction of sp³-hybridized carbons (Fsp3) is 0.286. The van der Waals surface area contributed by atoms with E-state index in [1.807, 2.05) is 42.5 Å². The average molecular weight is 366 g/mol. The van der Waals surface area contributed by atoms with Crippen molar-refractivity contribution in [2.75, 3.05) is 26.2 Å². The molecule has 140 valence electrons. The third-order valence-electron chi connectivity index (χ3n) is 4.46. The van der Waals surface area contributed by atoms with Crippen LogP contribution in [0.3, 0.4) is 0 Å². The lowest BCUT2D eigenvalue weighted by Gasteiger charge is -2.15. The molecule has 1 saturated heterocycles. The van der Waals surface area contributed by atoms with E-state index >= 15 is 0 Å². The monoisotopic (exact) mass is 366 g/mol. The molecule has 3 rings (SSSR count). The molecular formula is C21H22N2O4. The van der Waals surface area contributed by atoms with Crippen LogP contribution in [0, 0.1) is 0 Å². The van der Waals surface area contributed by atoms with Crippen LogP contribution in [0.1, 0.15) is 23.2 Å². The molecule has 0 unspecified atom stereocenters. The van der Waals surface area contributed by atoms with Crippen LogP contribution in [0.25, 0.3) is 11.1 Å². The molecule has 27 heavy (non-hydrogen) atoms. The van der Waals surface area contributed by atoms with Gasteiger partial charge in [0.15, 0.2) is 6.61 Å². The van der Waals surface area contributed by atoms with E-state index in [2.05, 4.69) is 5.32 Å². The fourth-order valence-corrected chi connectivity index (χ4v) is 2.95. The first-order valence-electron chi connectivity index (χ1n) is 9.00. The van der Waals surface area contributed by atoms with Crippen molar-refractivity contribution in [1.82, 2.24) is 10.2 Å². The lowest BCUT2D eigenvalue weighted by Crippen LogP contribution is -2.35. The minimum atomic E-state index is -0.628.